The van der Waals surface area contributed by atoms with Crippen molar-refractivity contribution in [3.63, 3.8) is 0 Å². The minimum Gasteiger partial charge on any atom is -0.424 e. The second-order valence-electron chi connectivity index (χ2n) is 9.20. The first-order chi connectivity index (χ1) is 14.9. The molecule has 3 heterocycles. The minimum atomic E-state index is -0.218. The van der Waals surface area contributed by atoms with Gasteiger partial charge in [0.1, 0.15) is 16.9 Å². The molecular formula is C25H32N4O2. The van der Waals surface area contributed by atoms with Crippen LogP contribution in [-0.2, 0) is 17.8 Å². The predicted octanol–water partition coefficient (Wildman–Crippen LogP) is 5.79. The average Bonchev–Trinajstić information content (AvgIpc) is 3.23. The molecule has 0 radical (unpaired) electrons. The van der Waals surface area contributed by atoms with Gasteiger partial charge in [-0.2, -0.15) is 0 Å². The van der Waals surface area contributed by atoms with Crippen LogP contribution in [0.1, 0.15) is 59.7 Å². The Morgan fingerprint density at radius 2 is 1.84 bits per heavy atom. The number of aryl methyl sites for hydroxylation is 1. The highest BCUT2D eigenvalue weighted by Crippen LogP contribution is 2.34. The zero-order chi connectivity index (χ0) is 22.1. The lowest BCUT2D eigenvalue weighted by Crippen LogP contribution is -2.11. The summed E-state index contributed by atoms with van der Waals surface area (Å²) in [6.45, 7) is 11.4. The molecule has 4 aromatic rings. The fourth-order valence-electron chi connectivity index (χ4n) is 4.05. The highest BCUT2D eigenvalue weighted by molar-refractivity contribution is 6.00. The normalized spacial score (nSPS) is 12.1. The van der Waals surface area contributed by atoms with E-state index in [4.69, 9.17) is 14.7 Å². The number of rotatable bonds is 8. The number of unbranched alkanes of at least 4 members (excludes halogenated alkanes) is 1. The molecule has 6 heteroatoms. The lowest BCUT2D eigenvalue weighted by atomic mass is 10.1. The maximum Gasteiger partial charge on any atom is 0.311 e. The molecule has 3 aromatic heterocycles. The molecule has 0 N–H and O–H groups in total. The number of hydrogen-bond acceptors (Lipinski definition) is 4. The third kappa shape index (κ3) is 4.16. The SMILES string of the molecule is CCCCn1cc(OC(=O)CC(C)C)c2c1nc(CC(C)C)n1c3ccccc3nc21. The van der Waals surface area contributed by atoms with Crippen molar-refractivity contribution in [1.29, 1.82) is 0 Å². The lowest BCUT2D eigenvalue weighted by Gasteiger charge is -2.11. The third-order valence-corrected chi connectivity index (χ3v) is 5.43. The zero-order valence-electron chi connectivity index (χ0n) is 19.2. The molecule has 0 spiro atoms. The summed E-state index contributed by atoms with van der Waals surface area (Å²) in [5, 5.41) is 0.817. The second-order valence-corrected chi connectivity index (χ2v) is 9.20. The molecule has 0 amide bonds. The fourth-order valence-corrected chi connectivity index (χ4v) is 4.05. The summed E-state index contributed by atoms with van der Waals surface area (Å²) in [5.74, 6) is 2.02. The highest BCUT2D eigenvalue weighted by atomic mass is 16.5. The molecule has 0 saturated heterocycles. The maximum atomic E-state index is 12.5. The number of para-hydroxylation sites is 2. The van der Waals surface area contributed by atoms with Gasteiger partial charge in [0.2, 0.25) is 0 Å². The smallest absolute Gasteiger partial charge is 0.311 e. The molecule has 4 rings (SSSR count). The summed E-state index contributed by atoms with van der Waals surface area (Å²) in [6.07, 6.45) is 5.27. The Morgan fingerprint density at radius 1 is 1.06 bits per heavy atom. The first kappa shape index (κ1) is 21.3. The monoisotopic (exact) mass is 420 g/mol. The summed E-state index contributed by atoms with van der Waals surface area (Å²) in [6, 6.07) is 8.12. The van der Waals surface area contributed by atoms with Crippen LogP contribution in [0, 0.1) is 11.8 Å². The molecule has 164 valence electrons. The van der Waals surface area contributed by atoms with Gasteiger partial charge in [0.05, 0.1) is 11.0 Å². The Hall–Kier alpha value is -2.89. The van der Waals surface area contributed by atoms with Crippen LogP contribution in [0.2, 0.25) is 0 Å². The van der Waals surface area contributed by atoms with Crippen molar-refractivity contribution in [1.82, 2.24) is 18.9 Å². The van der Waals surface area contributed by atoms with Crippen molar-refractivity contribution >= 4 is 33.7 Å². The third-order valence-electron chi connectivity index (χ3n) is 5.43. The quantitative estimate of drug-likeness (QED) is 0.339. The Kier molecular flexibility index (Phi) is 5.99. The van der Waals surface area contributed by atoms with Crippen molar-refractivity contribution in [2.24, 2.45) is 11.8 Å². The van der Waals surface area contributed by atoms with E-state index in [2.05, 4.69) is 35.8 Å². The van der Waals surface area contributed by atoms with Gasteiger partial charge in [0.25, 0.3) is 0 Å². The predicted molar refractivity (Wildman–Crippen MR) is 125 cm³/mol. The van der Waals surface area contributed by atoms with Gasteiger partial charge < -0.3 is 9.30 Å². The minimum absolute atomic E-state index is 0.218. The molecule has 1 aromatic carbocycles. The maximum absolute atomic E-state index is 12.5. The fraction of sp³-hybridized carbons (Fsp3) is 0.480. The molecular weight excluding hydrogens is 388 g/mol. The van der Waals surface area contributed by atoms with Gasteiger partial charge in [-0.3, -0.25) is 9.20 Å². The van der Waals surface area contributed by atoms with Gasteiger partial charge in [-0.1, -0.05) is 53.2 Å². The van der Waals surface area contributed by atoms with Crippen molar-refractivity contribution in [2.45, 2.75) is 66.8 Å². The number of imidazole rings is 1. The molecule has 0 saturated carbocycles. The summed E-state index contributed by atoms with van der Waals surface area (Å²) >= 11 is 0. The van der Waals surface area contributed by atoms with Crippen LogP contribution >= 0.6 is 0 Å². The number of carbonyl (C=O) groups excluding carboxylic acids is 1. The molecule has 0 aliphatic heterocycles. The number of nitrogens with zero attached hydrogens (tertiary/aromatic N) is 4. The van der Waals surface area contributed by atoms with E-state index < -0.39 is 0 Å². The number of fused-ring (bicyclic) bond motifs is 5. The van der Waals surface area contributed by atoms with Gasteiger partial charge in [-0.05, 0) is 30.4 Å². The molecule has 0 unspecified atom stereocenters. The van der Waals surface area contributed by atoms with E-state index in [-0.39, 0.29) is 11.9 Å². The van der Waals surface area contributed by atoms with Gasteiger partial charge >= 0.3 is 5.97 Å². The van der Waals surface area contributed by atoms with Crippen LogP contribution in [0.4, 0.5) is 0 Å². The van der Waals surface area contributed by atoms with Crippen molar-refractivity contribution in [3.05, 3.63) is 36.3 Å². The van der Waals surface area contributed by atoms with Crippen LogP contribution in [0.5, 0.6) is 5.75 Å². The number of esters is 1. The molecule has 0 atom stereocenters. The molecule has 31 heavy (non-hydrogen) atoms. The second kappa shape index (κ2) is 8.69. The van der Waals surface area contributed by atoms with E-state index in [1.54, 1.807) is 0 Å². The van der Waals surface area contributed by atoms with Crippen molar-refractivity contribution in [3.8, 4) is 5.75 Å². The summed E-state index contributed by atoms with van der Waals surface area (Å²) in [4.78, 5) is 22.6. The first-order valence-corrected chi connectivity index (χ1v) is 11.4. The zero-order valence-corrected chi connectivity index (χ0v) is 19.2. The van der Waals surface area contributed by atoms with Crippen molar-refractivity contribution in [2.75, 3.05) is 0 Å². The van der Waals surface area contributed by atoms with E-state index in [1.807, 2.05) is 38.2 Å². The van der Waals surface area contributed by atoms with E-state index in [0.717, 1.165) is 59.3 Å². The van der Waals surface area contributed by atoms with Crippen LogP contribution in [0.3, 0.4) is 0 Å². The molecule has 0 fully saturated rings. The summed E-state index contributed by atoms with van der Waals surface area (Å²) < 4.78 is 10.1. The standard InChI is InChI=1S/C25H32N4O2/c1-6-7-12-28-15-20(31-22(30)14-17(4)5)23-24(28)27-21(13-16(2)3)29-19-11-9-8-10-18(19)26-25(23)29/h8-11,15-17H,6-7,12-14H2,1-5H3. The molecule has 0 aliphatic carbocycles. The van der Waals surface area contributed by atoms with Gasteiger partial charge in [0.15, 0.2) is 11.4 Å². The molecule has 0 aliphatic rings. The van der Waals surface area contributed by atoms with Crippen LogP contribution < -0.4 is 4.74 Å². The van der Waals surface area contributed by atoms with Gasteiger partial charge in [-0.25, -0.2) is 9.97 Å². The highest BCUT2D eigenvalue weighted by Gasteiger charge is 2.23. The number of benzene rings is 1. The molecule has 6 nitrogen and oxygen atoms in total. The Bertz CT molecular complexity index is 1230. The van der Waals surface area contributed by atoms with Crippen molar-refractivity contribution < 1.29 is 9.53 Å². The average molecular weight is 421 g/mol. The summed E-state index contributed by atoms with van der Waals surface area (Å²) in [7, 11) is 0. The van der Waals surface area contributed by atoms with E-state index in [9.17, 15) is 4.79 Å². The Balaban J connectivity index is 2.00. The lowest BCUT2D eigenvalue weighted by molar-refractivity contribution is -0.135. The Labute approximate surface area is 183 Å². The first-order valence-electron chi connectivity index (χ1n) is 11.4. The number of hydrogen-bond donors (Lipinski definition) is 0. The number of carbonyl (C=O) groups is 1. The number of ether oxygens (including phenoxy) is 1. The van der Waals surface area contributed by atoms with E-state index >= 15 is 0 Å². The van der Waals surface area contributed by atoms with Crippen LogP contribution in [0.15, 0.2) is 30.5 Å². The van der Waals surface area contributed by atoms with Gasteiger partial charge in [0, 0.05) is 25.6 Å². The Morgan fingerprint density at radius 3 is 2.55 bits per heavy atom. The summed E-state index contributed by atoms with van der Waals surface area (Å²) in [5.41, 5.74) is 3.61. The van der Waals surface area contributed by atoms with E-state index in [0.29, 0.717) is 18.1 Å². The number of aromatic nitrogens is 4. The van der Waals surface area contributed by atoms with Gasteiger partial charge in [-0.15, -0.1) is 0 Å². The molecule has 0 bridgehead atoms. The van der Waals surface area contributed by atoms with Crippen LogP contribution in [0.25, 0.3) is 27.7 Å². The van der Waals surface area contributed by atoms with E-state index in [1.165, 1.54) is 0 Å². The van der Waals surface area contributed by atoms with Crippen LogP contribution in [-0.4, -0.2) is 24.9 Å². The topological polar surface area (TPSA) is 61.4 Å². The largest absolute Gasteiger partial charge is 0.424 e.